The van der Waals surface area contributed by atoms with Crippen molar-refractivity contribution < 1.29 is 9.59 Å². The molecule has 2 amide bonds. The van der Waals surface area contributed by atoms with Crippen LogP contribution >= 0.6 is 0 Å². The van der Waals surface area contributed by atoms with Gasteiger partial charge in [-0.3, -0.25) is 14.5 Å². The van der Waals surface area contributed by atoms with E-state index < -0.39 is 0 Å². The molecule has 154 valence electrons. The van der Waals surface area contributed by atoms with E-state index in [1.807, 2.05) is 31.2 Å². The molecule has 2 saturated heterocycles. The molecule has 7 nitrogen and oxygen atoms in total. The van der Waals surface area contributed by atoms with Gasteiger partial charge in [0.1, 0.15) is 5.82 Å². The number of aromatic nitrogens is 1. The van der Waals surface area contributed by atoms with Gasteiger partial charge in [-0.25, -0.2) is 4.98 Å². The van der Waals surface area contributed by atoms with Crippen molar-refractivity contribution in [2.75, 3.05) is 29.9 Å². The predicted octanol–water partition coefficient (Wildman–Crippen LogP) is 2.72. The Bertz CT molecular complexity index is 982. The Hall–Kier alpha value is -3.24. The number of piperidine rings is 1. The maximum absolute atomic E-state index is 13.1. The summed E-state index contributed by atoms with van der Waals surface area (Å²) in [6.45, 7) is 3.94. The summed E-state index contributed by atoms with van der Waals surface area (Å²) in [5, 5.41) is 11.9. The van der Waals surface area contributed by atoms with Crippen molar-refractivity contribution >= 4 is 23.3 Å². The van der Waals surface area contributed by atoms with Crippen LogP contribution in [0.25, 0.3) is 0 Å². The zero-order valence-corrected chi connectivity index (χ0v) is 17.0. The summed E-state index contributed by atoms with van der Waals surface area (Å²) in [7, 11) is 0. The fourth-order valence-corrected chi connectivity index (χ4v) is 4.32. The van der Waals surface area contributed by atoms with E-state index >= 15 is 0 Å². The van der Waals surface area contributed by atoms with Crippen molar-refractivity contribution in [3.63, 3.8) is 0 Å². The number of carbonyl (C=O) groups excluding carboxylic acids is 2. The summed E-state index contributed by atoms with van der Waals surface area (Å²) in [5.74, 6) is 0.451. The molecule has 2 aliphatic rings. The van der Waals surface area contributed by atoms with Crippen LogP contribution in [0.4, 0.5) is 11.5 Å². The van der Waals surface area contributed by atoms with Crippen LogP contribution in [0.15, 0.2) is 42.5 Å². The van der Waals surface area contributed by atoms with Crippen molar-refractivity contribution in [3.05, 3.63) is 53.7 Å². The lowest BCUT2D eigenvalue weighted by molar-refractivity contribution is -0.126. The molecule has 2 unspecified atom stereocenters. The summed E-state index contributed by atoms with van der Waals surface area (Å²) in [5.41, 5.74) is 2.26. The van der Waals surface area contributed by atoms with Crippen LogP contribution in [-0.4, -0.2) is 47.4 Å². The monoisotopic (exact) mass is 403 g/mol. The molecular weight excluding hydrogens is 378 g/mol. The third-order valence-corrected chi connectivity index (χ3v) is 5.89. The normalized spacial score (nSPS) is 22.0. The molecule has 30 heavy (non-hydrogen) atoms. The lowest BCUT2D eigenvalue weighted by Gasteiger charge is -2.35. The maximum Gasteiger partial charge on any atom is 0.244 e. The minimum Gasteiger partial charge on any atom is -0.311 e. The molecule has 0 spiro atoms. The molecule has 1 aromatic carbocycles. The van der Waals surface area contributed by atoms with Gasteiger partial charge in [-0.15, -0.1) is 0 Å². The molecule has 3 heterocycles. The summed E-state index contributed by atoms with van der Waals surface area (Å²) in [6.07, 6.45) is 2.45. The number of nitriles is 1. The van der Waals surface area contributed by atoms with Gasteiger partial charge in [0, 0.05) is 24.5 Å². The Morgan fingerprint density at radius 3 is 2.70 bits per heavy atom. The average Bonchev–Trinajstić information content (AvgIpc) is 3.15. The lowest BCUT2D eigenvalue weighted by atomic mass is 9.95. The number of carbonyl (C=O) groups is 2. The third kappa shape index (κ3) is 4.19. The SMILES string of the molecule is Cc1cccc(NC(=O)C2CCCN(C3CCN(c4ccc(C#N)cc4)C3=O)C2)n1. The summed E-state index contributed by atoms with van der Waals surface area (Å²) >= 11 is 0. The number of anilines is 2. The van der Waals surface area contributed by atoms with E-state index in [-0.39, 0.29) is 23.8 Å². The molecule has 1 N–H and O–H groups in total. The zero-order chi connectivity index (χ0) is 21.1. The van der Waals surface area contributed by atoms with E-state index in [9.17, 15) is 9.59 Å². The number of amides is 2. The second-order valence-corrected chi connectivity index (χ2v) is 7.94. The largest absolute Gasteiger partial charge is 0.311 e. The molecule has 0 bridgehead atoms. The van der Waals surface area contributed by atoms with Crippen molar-refractivity contribution in [1.29, 1.82) is 5.26 Å². The number of hydrogen-bond acceptors (Lipinski definition) is 5. The standard InChI is InChI=1S/C23H25N5O2/c1-16-4-2-6-21(25-16)26-22(29)18-5-3-12-27(15-18)20-11-13-28(23(20)30)19-9-7-17(14-24)8-10-19/h2,4,6-10,18,20H,3,5,11-13,15H2,1H3,(H,25,26,29). The van der Waals surface area contributed by atoms with E-state index in [0.717, 1.165) is 37.2 Å². The smallest absolute Gasteiger partial charge is 0.244 e. The third-order valence-electron chi connectivity index (χ3n) is 5.89. The molecular formula is C23H25N5O2. The van der Waals surface area contributed by atoms with Crippen LogP contribution in [0.2, 0.25) is 0 Å². The number of rotatable bonds is 4. The second kappa shape index (κ2) is 8.64. The minimum atomic E-state index is -0.201. The first-order chi connectivity index (χ1) is 14.5. The molecule has 7 heteroatoms. The number of nitrogens with zero attached hydrogens (tertiary/aromatic N) is 4. The molecule has 2 aromatic rings. The van der Waals surface area contributed by atoms with Crippen LogP contribution in [0.5, 0.6) is 0 Å². The summed E-state index contributed by atoms with van der Waals surface area (Å²) in [4.78, 5) is 34.1. The van der Waals surface area contributed by atoms with Gasteiger partial charge in [0.05, 0.1) is 23.6 Å². The van der Waals surface area contributed by atoms with Crippen molar-refractivity contribution in [1.82, 2.24) is 9.88 Å². The van der Waals surface area contributed by atoms with Gasteiger partial charge in [0.25, 0.3) is 0 Å². The highest BCUT2D eigenvalue weighted by Gasteiger charge is 2.39. The molecule has 2 atom stereocenters. The van der Waals surface area contributed by atoms with E-state index in [0.29, 0.717) is 24.5 Å². The first kappa shape index (κ1) is 20.0. The zero-order valence-electron chi connectivity index (χ0n) is 17.0. The molecule has 1 aromatic heterocycles. The lowest BCUT2D eigenvalue weighted by Crippen LogP contribution is -2.49. The van der Waals surface area contributed by atoms with Crippen molar-refractivity contribution in [2.45, 2.75) is 32.2 Å². The highest BCUT2D eigenvalue weighted by atomic mass is 16.2. The summed E-state index contributed by atoms with van der Waals surface area (Å²) < 4.78 is 0. The van der Waals surface area contributed by atoms with Crippen LogP contribution in [0, 0.1) is 24.2 Å². The first-order valence-corrected chi connectivity index (χ1v) is 10.4. The number of pyridine rings is 1. The predicted molar refractivity (Wildman–Crippen MR) is 114 cm³/mol. The number of hydrogen-bond donors (Lipinski definition) is 1. The molecule has 0 radical (unpaired) electrons. The number of aryl methyl sites for hydroxylation is 1. The molecule has 2 fully saturated rings. The maximum atomic E-state index is 13.1. The Kier molecular flexibility index (Phi) is 5.77. The van der Waals surface area contributed by atoms with Crippen LogP contribution < -0.4 is 10.2 Å². The Labute approximate surface area is 176 Å². The highest BCUT2D eigenvalue weighted by molar-refractivity contribution is 5.99. The van der Waals surface area contributed by atoms with Gasteiger partial charge in [-0.05, 0) is 69.1 Å². The van der Waals surface area contributed by atoms with Crippen LogP contribution in [0.1, 0.15) is 30.5 Å². The number of likely N-dealkylation sites (tertiary alicyclic amines) is 1. The van der Waals surface area contributed by atoms with Gasteiger partial charge >= 0.3 is 0 Å². The number of benzene rings is 1. The number of nitrogens with one attached hydrogen (secondary N) is 1. The average molecular weight is 403 g/mol. The van der Waals surface area contributed by atoms with Crippen molar-refractivity contribution in [3.8, 4) is 6.07 Å². The van der Waals surface area contributed by atoms with E-state index in [4.69, 9.17) is 5.26 Å². The molecule has 0 aliphatic carbocycles. The van der Waals surface area contributed by atoms with Crippen LogP contribution in [-0.2, 0) is 9.59 Å². The molecule has 0 saturated carbocycles. The van der Waals surface area contributed by atoms with Gasteiger partial charge in [-0.1, -0.05) is 6.07 Å². The van der Waals surface area contributed by atoms with E-state index in [2.05, 4.69) is 21.3 Å². The van der Waals surface area contributed by atoms with E-state index in [1.54, 1.807) is 23.1 Å². The van der Waals surface area contributed by atoms with Crippen LogP contribution in [0.3, 0.4) is 0 Å². The minimum absolute atomic E-state index is 0.0350. The van der Waals surface area contributed by atoms with Crippen molar-refractivity contribution in [2.24, 2.45) is 5.92 Å². The quantitative estimate of drug-likeness (QED) is 0.848. The van der Waals surface area contributed by atoms with Gasteiger partial charge in [-0.2, -0.15) is 5.26 Å². The molecule has 4 rings (SSSR count). The highest BCUT2D eigenvalue weighted by Crippen LogP contribution is 2.28. The molecule has 2 aliphatic heterocycles. The van der Waals surface area contributed by atoms with Gasteiger partial charge in [0.2, 0.25) is 11.8 Å². The second-order valence-electron chi connectivity index (χ2n) is 7.94. The topological polar surface area (TPSA) is 89.3 Å². The Morgan fingerprint density at radius 1 is 1.17 bits per heavy atom. The fraction of sp³-hybridized carbons (Fsp3) is 0.391. The Morgan fingerprint density at radius 2 is 1.97 bits per heavy atom. The first-order valence-electron chi connectivity index (χ1n) is 10.4. The van der Waals surface area contributed by atoms with Gasteiger partial charge in [0.15, 0.2) is 0 Å². The summed E-state index contributed by atoms with van der Waals surface area (Å²) in [6, 6.07) is 14.6. The Balaban J connectivity index is 1.40. The fourth-order valence-electron chi connectivity index (χ4n) is 4.32. The van der Waals surface area contributed by atoms with E-state index in [1.165, 1.54) is 0 Å². The van der Waals surface area contributed by atoms with Gasteiger partial charge < -0.3 is 10.2 Å².